The Balaban J connectivity index is 1.11. The number of nitrogens with one attached hydrogen (secondary N) is 2. The lowest BCUT2D eigenvalue weighted by atomic mass is 10.0. The van der Waals surface area contributed by atoms with Crippen molar-refractivity contribution in [1.29, 1.82) is 0 Å². The summed E-state index contributed by atoms with van der Waals surface area (Å²) in [6, 6.07) is 11.6. The number of hydrogen-bond donors (Lipinski definition) is 2. The van der Waals surface area contributed by atoms with Crippen molar-refractivity contribution in [2.45, 2.75) is 32.2 Å². The van der Waals surface area contributed by atoms with Crippen LogP contribution in [0.5, 0.6) is 5.75 Å². The quantitative estimate of drug-likeness (QED) is 0.398. The molecule has 0 spiro atoms. The number of aromatic nitrogens is 3. The zero-order valence-corrected chi connectivity index (χ0v) is 22.2. The lowest BCUT2D eigenvalue weighted by molar-refractivity contribution is 0.177. The standard InChI is InChI=1S/C28H31N7O4/c1-17-12-19(14-23-26(17)33(2)28(37)39-23)31-24-15-25(30-16-29-24)34-9-7-20(8-10-34)35-11-6-18-13-21(38-3)4-5-22(18)32-27(35)36/h4-5,12-16,20H,6-11H2,1-3H3,(H,32,36)(H,29,30,31). The van der Waals surface area contributed by atoms with Crippen molar-refractivity contribution in [3.05, 3.63) is 64.4 Å². The van der Waals surface area contributed by atoms with Gasteiger partial charge >= 0.3 is 11.8 Å². The van der Waals surface area contributed by atoms with Crippen LogP contribution in [0.15, 0.2) is 51.9 Å². The molecule has 0 saturated carbocycles. The topological polar surface area (TPSA) is 118 Å². The fourth-order valence-electron chi connectivity index (χ4n) is 5.63. The highest BCUT2D eigenvalue weighted by molar-refractivity contribution is 5.91. The van der Waals surface area contributed by atoms with Gasteiger partial charge in [0.25, 0.3) is 0 Å². The van der Waals surface area contributed by atoms with E-state index in [2.05, 4.69) is 25.5 Å². The van der Waals surface area contributed by atoms with Gasteiger partial charge in [0.1, 0.15) is 23.7 Å². The van der Waals surface area contributed by atoms with Gasteiger partial charge in [-0.25, -0.2) is 19.6 Å². The minimum Gasteiger partial charge on any atom is -0.497 e. The zero-order valence-electron chi connectivity index (χ0n) is 22.2. The molecule has 4 aromatic rings. The Hall–Kier alpha value is -4.54. The van der Waals surface area contributed by atoms with Crippen molar-refractivity contribution in [2.24, 2.45) is 7.05 Å². The number of rotatable bonds is 5. The third-order valence-electron chi connectivity index (χ3n) is 7.66. The molecular formula is C28H31N7O4. The average molecular weight is 530 g/mol. The predicted octanol–water partition coefficient (Wildman–Crippen LogP) is 4.04. The van der Waals surface area contributed by atoms with Gasteiger partial charge in [0.05, 0.1) is 12.6 Å². The minimum absolute atomic E-state index is 0.0487. The molecule has 2 N–H and O–H groups in total. The molecule has 4 heterocycles. The number of piperidine rings is 1. The van der Waals surface area contributed by atoms with Crippen molar-refractivity contribution >= 4 is 40.1 Å². The maximum absolute atomic E-state index is 13.0. The maximum Gasteiger partial charge on any atom is 0.419 e. The molecule has 0 unspecified atom stereocenters. The first-order chi connectivity index (χ1) is 18.9. The van der Waals surface area contributed by atoms with Crippen LogP contribution in [0.25, 0.3) is 11.1 Å². The molecular weight excluding hydrogens is 498 g/mol. The molecule has 0 atom stereocenters. The molecule has 0 radical (unpaired) electrons. The van der Waals surface area contributed by atoms with E-state index in [1.165, 1.54) is 4.57 Å². The number of oxazole rings is 1. The van der Waals surface area contributed by atoms with E-state index in [-0.39, 0.29) is 17.8 Å². The number of amides is 2. The van der Waals surface area contributed by atoms with Crippen LogP contribution in [0.3, 0.4) is 0 Å². The summed E-state index contributed by atoms with van der Waals surface area (Å²) in [7, 11) is 3.35. The third-order valence-corrected chi connectivity index (χ3v) is 7.66. The Morgan fingerprint density at radius 1 is 1.08 bits per heavy atom. The Morgan fingerprint density at radius 3 is 2.69 bits per heavy atom. The van der Waals surface area contributed by atoms with Crippen LogP contribution in [0.4, 0.5) is 27.8 Å². The fourth-order valence-corrected chi connectivity index (χ4v) is 5.63. The normalized spacial score (nSPS) is 16.1. The van der Waals surface area contributed by atoms with E-state index in [4.69, 9.17) is 9.15 Å². The van der Waals surface area contributed by atoms with Gasteiger partial charge in [-0.15, -0.1) is 0 Å². The minimum atomic E-state index is -0.389. The van der Waals surface area contributed by atoms with Crippen LogP contribution < -0.4 is 26.0 Å². The van der Waals surface area contributed by atoms with Gasteiger partial charge in [-0.05, 0) is 61.6 Å². The molecule has 2 aromatic heterocycles. The van der Waals surface area contributed by atoms with Crippen molar-refractivity contribution in [2.75, 3.05) is 42.3 Å². The molecule has 2 aromatic carbocycles. The SMILES string of the molecule is COc1ccc2c(c1)CCN(C1CCN(c3cc(Nc4cc(C)c5c(c4)oc(=O)n5C)ncn3)CC1)C(=O)N2. The second-order valence-corrected chi connectivity index (χ2v) is 10.1. The van der Waals surface area contributed by atoms with Crippen LogP contribution in [0.1, 0.15) is 24.0 Å². The maximum atomic E-state index is 13.0. The number of hydrogen-bond acceptors (Lipinski definition) is 8. The number of nitrogens with zero attached hydrogens (tertiary/aromatic N) is 5. The highest BCUT2D eigenvalue weighted by Crippen LogP contribution is 2.29. The van der Waals surface area contributed by atoms with Crippen LogP contribution in [-0.2, 0) is 13.5 Å². The van der Waals surface area contributed by atoms with E-state index in [0.29, 0.717) is 17.9 Å². The van der Waals surface area contributed by atoms with Crippen LogP contribution in [0, 0.1) is 6.92 Å². The third kappa shape index (κ3) is 4.75. The van der Waals surface area contributed by atoms with E-state index in [1.54, 1.807) is 26.6 Å². The summed E-state index contributed by atoms with van der Waals surface area (Å²) < 4.78 is 12.2. The number of anilines is 4. The van der Waals surface area contributed by atoms with E-state index in [0.717, 1.165) is 71.9 Å². The molecule has 39 heavy (non-hydrogen) atoms. The van der Waals surface area contributed by atoms with Gasteiger partial charge in [-0.3, -0.25) is 4.57 Å². The molecule has 2 amide bonds. The van der Waals surface area contributed by atoms with Crippen LogP contribution in [-0.4, -0.2) is 58.3 Å². The summed E-state index contributed by atoms with van der Waals surface area (Å²) >= 11 is 0. The van der Waals surface area contributed by atoms with E-state index in [9.17, 15) is 9.59 Å². The van der Waals surface area contributed by atoms with Gasteiger partial charge < -0.3 is 29.6 Å². The van der Waals surface area contributed by atoms with Crippen molar-refractivity contribution < 1.29 is 13.9 Å². The summed E-state index contributed by atoms with van der Waals surface area (Å²) in [4.78, 5) is 38.1. The predicted molar refractivity (Wildman–Crippen MR) is 149 cm³/mol. The average Bonchev–Trinajstić information content (AvgIpc) is 3.12. The molecule has 2 aliphatic heterocycles. The summed E-state index contributed by atoms with van der Waals surface area (Å²) in [5.41, 5.74) is 4.96. The van der Waals surface area contributed by atoms with Crippen molar-refractivity contribution in [3.63, 3.8) is 0 Å². The van der Waals surface area contributed by atoms with Crippen molar-refractivity contribution in [3.8, 4) is 5.75 Å². The molecule has 11 heteroatoms. The monoisotopic (exact) mass is 529 g/mol. The molecule has 2 aliphatic rings. The van der Waals surface area contributed by atoms with E-state index >= 15 is 0 Å². The molecule has 0 bridgehead atoms. The van der Waals surface area contributed by atoms with E-state index in [1.807, 2.05) is 42.2 Å². The smallest absolute Gasteiger partial charge is 0.419 e. The lowest BCUT2D eigenvalue weighted by Gasteiger charge is -2.38. The van der Waals surface area contributed by atoms with Gasteiger partial charge in [0.2, 0.25) is 0 Å². The Bertz CT molecular complexity index is 1600. The number of aryl methyl sites for hydroxylation is 2. The van der Waals surface area contributed by atoms with Crippen LogP contribution >= 0.6 is 0 Å². The Labute approximate surface area is 225 Å². The number of carbonyl (C=O) groups is 1. The Kier molecular flexibility index (Phi) is 6.34. The van der Waals surface area contributed by atoms with Crippen molar-refractivity contribution in [1.82, 2.24) is 19.4 Å². The summed E-state index contributed by atoms with van der Waals surface area (Å²) in [5.74, 6) is 1.89. The first kappa shape index (κ1) is 24.8. The molecule has 6 rings (SSSR count). The first-order valence-corrected chi connectivity index (χ1v) is 13.1. The van der Waals surface area contributed by atoms with Gasteiger partial charge in [0, 0.05) is 56.2 Å². The number of ether oxygens (including phenoxy) is 1. The summed E-state index contributed by atoms with van der Waals surface area (Å²) in [5, 5.41) is 6.39. The second-order valence-electron chi connectivity index (χ2n) is 10.1. The number of carbonyl (C=O) groups excluding carboxylic acids is 1. The largest absolute Gasteiger partial charge is 0.497 e. The Morgan fingerprint density at radius 2 is 1.90 bits per heavy atom. The number of fused-ring (bicyclic) bond motifs is 2. The highest BCUT2D eigenvalue weighted by atomic mass is 16.5. The van der Waals surface area contributed by atoms with Gasteiger partial charge in [-0.1, -0.05) is 0 Å². The van der Waals surface area contributed by atoms with E-state index < -0.39 is 0 Å². The zero-order chi connectivity index (χ0) is 27.1. The van der Waals surface area contributed by atoms with Gasteiger partial charge in [-0.2, -0.15) is 0 Å². The number of urea groups is 1. The first-order valence-electron chi connectivity index (χ1n) is 13.1. The molecule has 1 saturated heterocycles. The molecule has 11 nitrogen and oxygen atoms in total. The number of methoxy groups -OCH3 is 1. The fraction of sp³-hybridized carbons (Fsp3) is 0.357. The summed E-state index contributed by atoms with van der Waals surface area (Å²) in [6.07, 6.45) is 4.03. The molecule has 202 valence electrons. The molecule has 0 aliphatic carbocycles. The molecule has 1 fully saturated rings. The highest BCUT2D eigenvalue weighted by Gasteiger charge is 2.30. The lowest BCUT2D eigenvalue weighted by Crippen LogP contribution is -2.49. The number of benzene rings is 2. The van der Waals surface area contributed by atoms with Gasteiger partial charge in [0.15, 0.2) is 5.58 Å². The summed E-state index contributed by atoms with van der Waals surface area (Å²) in [6.45, 7) is 4.18. The second kappa shape index (κ2) is 9.97. The van der Waals surface area contributed by atoms with Crippen LogP contribution in [0.2, 0.25) is 0 Å².